The number of rotatable bonds is 6. The van der Waals surface area contributed by atoms with E-state index in [-0.39, 0.29) is 17.6 Å². The molecule has 0 aromatic heterocycles. The smallest absolute Gasteiger partial charge is 0.224 e. The van der Waals surface area contributed by atoms with Gasteiger partial charge < -0.3 is 10.1 Å². The van der Waals surface area contributed by atoms with Crippen LogP contribution in [0.3, 0.4) is 0 Å². The number of hydrogen-bond acceptors (Lipinski definition) is 4. The number of nitrogens with one attached hydrogen (secondary N) is 1. The van der Waals surface area contributed by atoms with Gasteiger partial charge in [-0.15, -0.1) is 0 Å². The van der Waals surface area contributed by atoms with Crippen LogP contribution >= 0.6 is 0 Å². The maximum absolute atomic E-state index is 14.2. The molecule has 4 rings (SSSR count). The van der Waals surface area contributed by atoms with Crippen LogP contribution in [0.2, 0.25) is 0 Å². The quantitative estimate of drug-likeness (QED) is 0.813. The molecule has 28 heavy (non-hydrogen) atoms. The largest absolute Gasteiger partial charge is 0.497 e. The van der Waals surface area contributed by atoms with Gasteiger partial charge in [-0.1, -0.05) is 6.07 Å². The first-order valence-corrected chi connectivity index (χ1v) is 10.7. The van der Waals surface area contributed by atoms with E-state index < -0.39 is 0 Å². The molecule has 1 N–H and O–H groups in total. The van der Waals surface area contributed by atoms with E-state index in [0.717, 1.165) is 70.3 Å². The predicted molar refractivity (Wildman–Crippen MR) is 107 cm³/mol. The summed E-state index contributed by atoms with van der Waals surface area (Å²) in [6, 6.07) is 6.11. The molecule has 3 aliphatic rings. The molecule has 1 atom stereocenters. The number of carbonyl (C=O) groups is 1. The summed E-state index contributed by atoms with van der Waals surface area (Å²) in [6.07, 6.45) is 6.61. The van der Waals surface area contributed by atoms with Crippen molar-refractivity contribution < 1.29 is 13.9 Å². The summed E-state index contributed by atoms with van der Waals surface area (Å²) in [5, 5.41) is 3.18. The fraction of sp³-hybridized carbons (Fsp3) is 0.682. The molecular formula is C22H32FN3O2. The predicted octanol–water partition coefficient (Wildman–Crippen LogP) is 2.79. The van der Waals surface area contributed by atoms with Crippen LogP contribution in [-0.2, 0) is 11.3 Å². The second-order valence-corrected chi connectivity index (χ2v) is 8.58. The van der Waals surface area contributed by atoms with E-state index in [4.69, 9.17) is 4.74 Å². The van der Waals surface area contributed by atoms with E-state index in [1.807, 2.05) is 12.1 Å². The fourth-order valence-electron chi connectivity index (χ4n) is 4.57. The molecule has 0 unspecified atom stereocenters. The number of ether oxygens (including phenoxy) is 1. The Hall–Kier alpha value is -1.66. The molecule has 0 spiro atoms. The first-order valence-electron chi connectivity index (χ1n) is 10.7. The van der Waals surface area contributed by atoms with Crippen LogP contribution in [0.1, 0.15) is 44.1 Å². The van der Waals surface area contributed by atoms with Gasteiger partial charge in [0, 0.05) is 36.8 Å². The van der Waals surface area contributed by atoms with E-state index >= 15 is 0 Å². The SMILES string of the molecule is COc1ccc(CN2CCC(N3CCC[C@@H](C(=O)NC4CC4)C3)CC2)c(F)c1. The number of amides is 1. The first kappa shape index (κ1) is 19.6. The number of benzene rings is 1. The highest BCUT2D eigenvalue weighted by Gasteiger charge is 2.33. The Labute approximate surface area is 167 Å². The van der Waals surface area contributed by atoms with Crippen molar-refractivity contribution in [1.29, 1.82) is 0 Å². The van der Waals surface area contributed by atoms with Gasteiger partial charge in [-0.2, -0.15) is 0 Å². The van der Waals surface area contributed by atoms with Crippen molar-refractivity contribution in [2.45, 2.75) is 57.2 Å². The topological polar surface area (TPSA) is 44.8 Å². The number of piperidine rings is 2. The fourth-order valence-corrected chi connectivity index (χ4v) is 4.57. The molecule has 1 saturated carbocycles. The molecule has 1 aromatic carbocycles. The van der Waals surface area contributed by atoms with E-state index in [2.05, 4.69) is 15.1 Å². The van der Waals surface area contributed by atoms with Gasteiger partial charge in [-0.25, -0.2) is 4.39 Å². The summed E-state index contributed by atoms with van der Waals surface area (Å²) in [4.78, 5) is 17.3. The minimum Gasteiger partial charge on any atom is -0.497 e. The maximum atomic E-state index is 14.2. The van der Waals surface area contributed by atoms with Crippen LogP contribution in [0.5, 0.6) is 5.75 Å². The molecule has 1 aromatic rings. The molecule has 2 saturated heterocycles. The summed E-state index contributed by atoms with van der Waals surface area (Å²) >= 11 is 0. The molecule has 5 nitrogen and oxygen atoms in total. The van der Waals surface area contributed by atoms with Crippen molar-refractivity contribution in [3.63, 3.8) is 0 Å². The minimum atomic E-state index is -0.193. The zero-order chi connectivity index (χ0) is 19.5. The molecule has 1 aliphatic carbocycles. The number of carbonyl (C=O) groups excluding carboxylic acids is 1. The van der Waals surface area contributed by atoms with Crippen molar-refractivity contribution in [3.8, 4) is 5.75 Å². The second-order valence-electron chi connectivity index (χ2n) is 8.58. The molecule has 2 aliphatic heterocycles. The first-order chi connectivity index (χ1) is 13.6. The number of hydrogen-bond donors (Lipinski definition) is 1. The van der Waals surface area contributed by atoms with Gasteiger partial charge in [0.15, 0.2) is 0 Å². The van der Waals surface area contributed by atoms with Gasteiger partial charge in [0.1, 0.15) is 11.6 Å². The lowest BCUT2D eigenvalue weighted by Crippen LogP contribution is -2.50. The van der Waals surface area contributed by atoms with Crippen LogP contribution < -0.4 is 10.1 Å². The number of nitrogens with zero attached hydrogens (tertiary/aromatic N) is 2. The third-order valence-electron chi connectivity index (χ3n) is 6.48. The third kappa shape index (κ3) is 4.84. The molecular weight excluding hydrogens is 357 g/mol. The lowest BCUT2D eigenvalue weighted by molar-refractivity contribution is -0.127. The lowest BCUT2D eigenvalue weighted by Gasteiger charge is -2.42. The van der Waals surface area contributed by atoms with Crippen molar-refractivity contribution >= 4 is 5.91 Å². The molecule has 0 radical (unpaired) electrons. The number of methoxy groups -OCH3 is 1. The van der Waals surface area contributed by atoms with Gasteiger partial charge in [0.25, 0.3) is 0 Å². The average molecular weight is 390 g/mol. The summed E-state index contributed by atoms with van der Waals surface area (Å²) in [7, 11) is 1.56. The summed E-state index contributed by atoms with van der Waals surface area (Å²) in [5.74, 6) is 0.785. The maximum Gasteiger partial charge on any atom is 0.224 e. The van der Waals surface area contributed by atoms with Gasteiger partial charge in [0.05, 0.1) is 13.0 Å². The van der Waals surface area contributed by atoms with E-state index in [1.54, 1.807) is 7.11 Å². The van der Waals surface area contributed by atoms with Crippen molar-refractivity contribution in [2.24, 2.45) is 5.92 Å². The van der Waals surface area contributed by atoms with Crippen molar-refractivity contribution in [2.75, 3.05) is 33.3 Å². The van der Waals surface area contributed by atoms with Crippen molar-refractivity contribution in [3.05, 3.63) is 29.6 Å². The van der Waals surface area contributed by atoms with Gasteiger partial charge in [-0.3, -0.25) is 14.6 Å². The Morgan fingerprint density at radius 3 is 2.64 bits per heavy atom. The Bertz CT molecular complexity index is 686. The molecule has 0 bridgehead atoms. The Kier molecular flexibility index (Phi) is 6.16. The minimum absolute atomic E-state index is 0.153. The highest BCUT2D eigenvalue weighted by atomic mass is 19.1. The highest BCUT2D eigenvalue weighted by molar-refractivity contribution is 5.79. The van der Waals surface area contributed by atoms with Crippen LogP contribution in [0.4, 0.5) is 4.39 Å². The second kappa shape index (κ2) is 8.78. The van der Waals surface area contributed by atoms with Gasteiger partial charge in [-0.05, 0) is 64.2 Å². The molecule has 6 heteroatoms. The van der Waals surface area contributed by atoms with E-state index in [1.165, 1.54) is 6.07 Å². The Morgan fingerprint density at radius 2 is 1.96 bits per heavy atom. The normalized spacial score (nSPS) is 24.9. The molecule has 2 heterocycles. The molecule has 1 amide bonds. The molecule has 3 fully saturated rings. The monoisotopic (exact) mass is 389 g/mol. The van der Waals surface area contributed by atoms with Crippen LogP contribution in [0, 0.1) is 11.7 Å². The van der Waals surface area contributed by atoms with Crippen LogP contribution in [0.25, 0.3) is 0 Å². The Morgan fingerprint density at radius 1 is 1.18 bits per heavy atom. The number of halogens is 1. The zero-order valence-electron chi connectivity index (χ0n) is 16.8. The standard InChI is InChI=1S/C22H32FN3O2/c1-28-20-7-4-16(21(23)13-20)14-25-11-8-19(9-12-25)26-10-2-3-17(15-26)22(27)24-18-5-6-18/h4,7,13,17-19H,2-3,5-6,8-12,14-15H2,1H3,(H,24,27)/t17-/m1/s1. The van der Waals surface area contributed by atoms with E-state index in [9.17, 15) is 9.18 Å². The summed E-state index contributed by atoms with van der Waals surface area (Å²) < 4.78 is 19.3. The Balaban J connectivity index is 1.26. The van der Waals surface area contributed by atoms with Gasteiger partial charge >= 0.3 is 0 Å². The zero-order valence-corrected chi connectivity index (χ0v) is 16.8. The van der Waals surface area contributed by atoms with Crippen LogP contribution in [0.15, 0.2) is 18.2 Å². The average Bonchev–Trinajstić information content (AvgIpc) is 3.54. The third-order valence-corrected chi connectivity index (χ3v) is 6.48. The highest BCUT2D eigenvalue weighted by Crippen LogP contribution is 2.27. The summed E-state index contributed by atoms with van der Waals surface area (Å²) in [5.41, 5.74) is 0.731. The van der Waals surface area contributed by atoms with Crippen molar-refractivity contribution in [1.82, 2.24) is 15.1 Å². The van der Waals surface area contributed by atoms with Crippen LogP contribution in [-0.4, -0.2) is 61.1 Å². The molecule has 154 valence electrons. The number of likely N-dealkylation sites (tertiary alicyclic amines) is 2. The summed E-state index contributed by atoms with van der Waals surface area (Å²) in [6.45, 7) is 4.60. The van der Waals surface area contributed by atoms with Gasteiger partial charge in [0.2, 0.25) is 5.91 Å². The lowest BCUT2D eigenvalue weighted by atomic mass is 9.93. The van der Waals surface area contributed by atoms with E-state index in [0.29, 0.717) is 24.4 Å².